The van der Waals surface area contributed by atoms with E-state index in [1.165, 1.54) is 0 Å². The number of hydrogen-bond donors (Lipinski definition) is 2. The lowest BCUT2D eigenvalue weighted by Crippen LogP contribution is -2.17. The molecule has 0 aliphatic rings. The van der Waals surface area contributed by atoms with Gasteiger partial charge in [-0.15, -0.1) is 0 Å². The highest BCUT2D eigenvalue weighted by Gasteiger charge is 2.18. The summed E-state index contributed by atoms with van der Waals surface area (Å²) in [6.45, 7) is 6.20. The molecule has 0 spiro atoms. The largest absolute Gasteiger partial charge is 0.384 e. The van der Waals surface area contributed by atoms with E-state index in [1.54, 1.807) is 6.07 Å². The van der Waals surface area contributed by atoms with Gasteiger partial charge in [-0.25, -0.2) is 9.97 Å². The lowest BCUT2D eigenvalue weighted by atomic mass is 9.96. The average molecular weight is 285 g/mol. The van der Waals surface area contributed by atoms with Crippen LogP contribution in [0.15, 0.2) is 30.3 Å². The molecule has 2 rings (SSSR count). The highest BCUT2D eigenvalue weighted by Crippen LogP contribution is 2.24. The zero-order chi connectivity index (χ0) is 15.6. The number of anilines is 4. The molecule has 1 aromatic carbocycles. The fraction of sp³-hybridized carbons (Fsp3) is 0.375. The van der Waals surface area contributed by atoms with E-state index in [4.69, 9.17) is 5.73 Å². The second kappa shape index (κ2) is 5.60. The molecule has 0 aliphatic carbocycles. The van der Waals surface area contributed by atoms with E-state index >= 15 is 0 Å². The quantitative estimate of drug-likeness (QED) is 0.906. The number of hydrogen-bond acceptors (Lipinski definition) is 5. The third-order valence-electron chi connectivity index (χ3n) is 3.07. The number of nitrogen functional groups attached to an aromatic ring is 1. The van der Waals surface area contributed by atoms with Gasteiger partial charge in [0.25, 0.3) is 0 Å². The third kappa shape index (κ3) is 3.84. The van der Waals surface area contributed by atoms with Crippen molar-refractivity contribution in [3.8, 4) is 0 Å². The average Bonchev–Trinajstić information content (AvgIpc) is 2.37. The van der Waals surface area contributed by atoms with E-state index < -0.39 is 0 Å². The number of aromatic nitrogens is 2. The monoisotopic (exact) mass is 285 g/mol. The van der Waals surface area contributed by atoms with Crippen molar-refractivity contribution in [2.75, 3.05) is 30.0 Å². The molecule has 0 saturated carbocycles. The molecule has 5 nitrogen and oxygen atoms in total. The summed E-state index contributed by atoms with van der Waals surface area (Å²) in [6.07, 6.45) is 0. The first-order valence-corrected chi connectivity index (χ1v) is 6.95. The summed E-state index contributed by atoms with van der Waals surface area (Å²) in [4.78, 5) is 10.9. The maximum absolute atomic E-state index is 5.88. The Labute approximate surface area is 126 Å². The van der Waals surface area contributed by atoms with Crippen molar-refractivity contribution in [1.82, 2.24) is 9.97 Å². The topological polar surface area (TPSA) is 67.1 Å². The molecule has 0 amide bonds. The van der Waals surface area contributed by atoms with Crippen LogP contribution in [0, 0.1) is 0 Å². The van der Waals surface area contributed by atoms with Crippen LogP contribution < -0.4 is 16.0 Å². The van der Waals surface area contributed by atoms with Crippen LogP contribution in [0.3, 0.4) is 0 Å². The molecule has 0 saturated heterocycles. The minimum atomic E-state index is -0.138. The summed E-state index contributed by atoms with van der Waals surface area (Å²) in [7, 11) is 4.03. The maximum Gasteiger partial charge on any atom is 0.138 e. The number of nitrogens with one attached hydrogen (secondary N) is 1. The Morgan fingerprint density at radius 2 is 1.67 bits per heavy atom. The van der Waals surface area contributed by atoms with Crippen molar-refractivity contribution >= 4 is 23.0 Å². The molecule has 2 aromatic rings. The highest BCUT2D eigenvalue weighted by molar-refractivity contribution is 5.62. The van der Waals surface area contributed by atoms with Crippen molar-refractivity contribution in [2.45, 2.75) is 26.2 Å². The van der Waals surface area contributed by atoms with Crippen molar-refractivity contribution in [3.05, 3.63) is 36.2 Å². The highest BCUT2D eigenvalue weighted by atomic mass is 15.1. The Hall–Kier alpha value is -2.30. The SMILES string of the molecule is CN(C)c1ccc(Nc2cc(N)nc(C(C)(C)C)n2)cc1. The molecule has 0 radical (unpaired) electrons. The van der Waals surface area contributed by atoms with Crippen molar-refractivity contribution < 1.29 is 0 Å². The molecule has 0 bridgehead atoms. The van der Waals surface area contributed by atoms with E-state index in [1.807, 2.05) is 26.2 Å². The molecular weight excluding hydrogens is 262 g/mol. The minimum absolute atomic E-state index is 0.138. The van der Waals surface area contributed by atoms with Crippen LogP contribution in [0.25, 0.3) is 0 Å². The summed E-state index contributed by atoms with van der Waals surface area (Å²) in [5, 5.41) is 3.27. The van der Waals surface area contributed by atoms with E-state index in [0.717, 1.165) is 17.2 Å². The van der Waals surface area contributed by atoms with Crippen LogP contribution in [0.1, 0.15) is 26.6 Å². The number of nitrogens with zero attached hydrogens (tertiary/aromatic N) is 3. The molecule has 21 heavy (non-hydrogen) atoms. The molecule has 3 N–H and O–H groups in total. The van der Waals surface area contributed by atoms with Gasteiger partial charge in [0.1, 0.15) is 17.5 Å². The van der Waals surface area contributed by atoms with Gasteiger partial charge in [0.2, 0.25) is 0 Å². The van der Waals surface area contributed by atoms with Crippen LogP contribution in [-0.2, 0) is 5.41 Å². The van der Waals surface area contributed by atoms with Crippen molar-refractivity contribution in [2.24, 2.45) is 0 Å². The first kappa shape index (κ1) is 15.1. The van der Waals surface area contributed by atoms with E-state index in [2.05, 4.69) is 53.1 Å². The molecule has 112 valence electrons. The summed E-state index contributed by atoms with van der Waals surface area (Å²) >= 11 is 0. The predicted octanol–water partition coefficient (Wildman–Crippen LogP) is 3.17. The van der Waals surface area contributed by atoms with E-state index in [-0.39, 0.29) is 5.41 Å². The molecule has 5 heteroatoms. The molecule has 1 aromatic heterocycles. The fourth-order valence-corrected chi connectivity index (χ4v) is 1.86. The van der Waals surface area contributed by atoms with E-state index in [0.29, 0.717) is 11.6 Å². The smallest absolute Gasteiger partial charge is 0.138 e. The lowest BCUT2D eigenvalue weighted by molar-refractivity contribution is 0.547. The predicted molar refractivity (Wildman–Crippen MR) is 89.2 cm³/mol. The summed E-state index contributed by atoms with van der Waals surface area (Å²) in [5.74, 6) is 1.92. The van der Waals surface area contributed by atoms with Gasteiger partial charge in [-0.3, -0.25) is 0 Å². The van der Waals surface area contributed by atoms with Gasteiger partial charge in [0.05, 0.1) is 0 Å². The van der Waals surface area contributed by atoms with Gasteiger partial charge in [-0.1, -0.05) is 20.8 Å². The Balaban J connectivity index is 2.25. The second-order valence-electron chi connectivity index (χ2n) is 6.32. The molecule has 0 fully saturated rings. The first-order valence-electron chi connectivity index (χ1n) is 6.95. The Bertz CT molecular complexity index is 612. The van der Waals surface area contributed by atoms with Crippen LogP contribution in [0.5, 0.6) is 0 Å². The molecule has 0 aliphatic heterocycles. The number of rotatable bonds is 3. The van der Waals surface area contributed by atoms with Gasteiger partial charge in [0, 0.05) is 37.0 Å². The van der Waals surface area contributed by atoms with Crippen molar-refractivity contribution in [1.29, 1.82) is 0 Å². The Morgan fingerprint density at radius 3 is 2.19 bits per heavy atom. The second-order valence-corrected chi connectivity index (χ2v) is 6.32. The van der Waals surface area contributed by atoms with Crippen LogP contribution in [0.4, 0.5) is 23.0 Å². The fourth-order valence-electron chi connectivity index (χ4n) is 1.86. The van der Waals surface area contributed by atoms with Gasteiger partial charge in [0.15, 0.2) is 0 Å². The summed E-state index contributed by atoms with van der Waals surface area (Å²) in [6, 6.07) is 9.89. The first-order chi connectivity index (χ1) is 9.75. The van der Waals surface area contributed by atoms with Gasteiger partial charge in [-0.2, -0.15) is 0 Å². The van der Waals surface area contributed by atoms with Crippen LogP contribution in [0.2, 0.25) is 0 Å². The van der Waals surface area contributed by atoms with Gasteiger partial charge >= 0.3 is 0 Å². The number of nitrogens with two attached hydrogens (primary N) is 1. The summed E-state index contributed by atoms with van der Waals surface area (Å²) in [5.41, 5.74) is 7.86. The zero-order valence-corrected chi connectivity index (χ0v) is 13.3. The maximum atomic E-state index is 5.88. The van der Waals surface area contributed by atoms with E-state index in [9.17, 15) is 0 Å². The molecule has 1 heterocycles. The van der Waals surface area contributed by atoms with Gasteiger partial charge < -0.3 is 16.0 Å². The zero-order valence-electron chi connectivity index (χ0n) is 13.3. The molecule has 0 unspecified atom stereocenters. The summed E-state index contributed by atoms with van der Waals surface area (Å²) < 4.78 is 0. The normalized spacial score (nSPS) is 11.3. The Kier molecular flexibility index (Phi) is 4.02. The molecular formula is C16H23N5. The van der Waals surface area contributed by atoms with Crippen LogP contribution >= 0.6 is 0 Å². The third-order valence-corrected chi connectivity index (χ3v) is 3.07. The Morgan fingerprint density at radius 1 is 1.05 bits per heavy atom. The minimum Gasteiger partial charge on any atom is -0.384 e. The van der Waals surface area contributed by atoms with Gasteiger partial charge in [-0.05, 0) is 24.3 Å². The standard InChI is InChI=1S/C16H23N5/c1-16(2,3)15-19-13(17)10-14(20-15)18-11-6-8-12(9-7-11)21(4)5/h6-10H,1-5H3,(H3,17,18,19,20). The lowest BCUT2D eigenvalue weighted by Gasteiger charge is -2.18. The molecule has 0 atom stereocenters. The van der Waals surface area contributed by atoms with Crippen molar-refractivity contribution in [3.63, 3.8) is 0 Å². The number of benzene rings is 1. The van der Waals surface area contributed by atoms with Crippen LogP contribution in [-0.4, -0.2) is 24.1 Å².